The van der Waals surface area contributed by atoms with E-state index in [0.717, 1.165) is 38.6 Å². The van der Waals surface area contributed by atoms with E-state index in [0.29, 0.717) is 36.9 Å². The molecule has 0 N–H and O–H groups in total. The Morgan fingerprint density at radius 3 is 2.30 bits per heavy atom. The third kappa shape index (κ3) is 4.45. The summed E-state index contributed by atoms with van der Waals surface area (Å²) in [6.45, 7) is 3.72. The van der Waals surface area contributed by atoms with Crippen LogP contribution >= 0.6 is 0 Å². The summed E-state index contributed by atoms with van der Waals surface area (Å²) in [7, 11) is -3.48. The van der Waals surface area contributed by atoms with Gasteiger partial charge in [0.1, 0.15) is 0 Å². The molecular formula is C24H36N2O3S. The minimum absolute atomic E-state index is 0.0399. The van der Waals surface area contributed by atoms with Gasteiger partial charge in [0, 0.05) is 31.6 Å². The molecule has 0 radical (unpaired) electrons. The molecule has 1 heterocycles. The molecule has 4 rings (SSSR count). The van der Waals surface area contributed by atoms with Gasteiger partial charge in [0.05, 0.1) is 4.90 Å². The van der Waals surface area contributed by atoms with Gasteiger partial charge in [-0.15, -0.1) is 0 Å². The summed E-state index contributed by atoms with van der Waals surface area (Å²) < 4.78 is 28.0. The Hall–Kier alpha value is -1.40. The first-order valence-electron chi connectivity index (χ1n) is 11.9. The zero-order chi connectivity index (χ0) is 21.1. The van der Waals surface area contributed by atoms with Gasteiger partial charge in [0.25, 0.3) is 0 Å². The van der Waals surface area contributed by atoms with Crippen molar-refractivity contribution in [3.63, 3.8) is 0 Å². The molecule has 2 fully saturated rings. The van der Waals surface area contributed by atoms with Crippen molar-refractivity contribution >= 4 is 15.9 Å². The zero-order valence-corrected chi connectivity index (χ0v) is 19.1. The average molecular weight is 433 g/mol. The van der Waals surface area contributed by atoms with Crippen LogP contribution in [0.5, 0.6) is 0 Å². The predicted molar refractivity (Wildman–Crippen MR) is 119 cm³/mol. The quantitative estimate of drug-likeness (QED) is 0.702. The lowest BCUT2D eigenvalue weighted by Crippen LogP contribution is -2.48. The number of hydrogen-bond donors (Lipinski definition) is 0. The Kier molecular flexibility index (Phi) is 6.83. The zero-order valence-electron chi connectivity index (χ0n) is 18.3. The highest BCUT2D eigenvalue weighted by molar-refractivity contribution is 7.89. The summed E-state index contributed by atoms with van der Waals surface area (Å²) in [5, 5.41) is 0. The highest BCUT2D eigenvalue weighted by Crippen LogP contribution is 2.30. The van der Waals surface area contributed by atoms with E-state index in [1.807, 2.05) is 12.1 Å². The predicted octanol–water partition coefficient (Wildman–Crippen LogP) is 4.15. The number of fused-ring (bicyclic) bond motifs is 1. The fourth-order valence-corrected chi connectivity index (χ4v) is 7.10. The van der Waals surface area contributed by atoms with E-state index in [1.54, 1.807) is 10.4 Å². The van der Waals surface area contributed by atoms with Crippen molar-refractivity contribution in [1.29, 1.82) is 0 Å². The molecule has 1 saturated heterocycles. The number of carbonyl (C=O) groups is 1. The first-order chi connectivity index (χ1) is 14.5. The van der Waals surface area contributed by atoms with Gasteiger partial charge in [-0.25, -0.2) is 8.42 Å². The Bertz CT molecular complexity index is 853. The number of carbonyl (C=O) groups excluding carboxylic acids is 1. The number of rotatable bonds is 5. The largest absolute Gasteiger partial charge is 0.340 e. The molecule has 30 heavy (non-hydrogen) atoms. The number of piperidine rings is 1. The maximum Gasteiger partial charge on any atom is 0.243 e. The number of sulfonamides is 1. The highest BCUT2D eigenvalue weighted by Gasteiger charge is 2.35. The third-order valence-electron chi connectivity index (χ3n) is 7.40. The fraction of sp³-hybridized carbons (Fsp3) is 0.708. The van der Waals surface area contributed by atoms with Crippen molar-refractivity contribution in [2.24, 2.45) is 5.92 Å². The summed E-state index contributed by atoms with van der Waals surface area (Å²) in [6.07, 6.45) is 11.6. The maximum atomic E-state index is 13.2. The van der Waals surface area contributed by atoms with Crippen molar-refractivity contribution in [2.75, 3.05) is 19.6 Å². The van der Waals surface area contributed by atoms with Gasteiger partial charge in [0.15, 0.2) is 0 Å². The molecule has 1 aromatic rings. The lowest BCUT2D eigenvalue weighted by Gasteiger charge is -2.38. The minimum Gasteiger partial charge on any atom is -0.340 e. The van der Waals surface area contributed by atoms with Crippen LogP contribution in [0.1, 0.15) is 75.8 Å². The van der Waals surface area contributed by atoms with Crippen molar-refractivity contribution < 1.29 is 13.2 Å². The van der Waals surface area contributed by atoms with Gasteiger partial charge in [-0.1, -0.05) is 25.3 Å². The van der Waals surface area contributed by atoms with Gasteiger partial charge in [-0.05, 0) is 81.5 Å². The molecule has 6 heteroatoms. The van der Waals surface area contributed by atoms with Crippen molar-refractivity contribution in [3.05, 3.63) is 29.3 Å². The van der Waals surface area contributed by atoms with Crippen molar-refractivity contribution in [3.8, 4) is 0 Å². The van der Waals surface area contributed by atoms with E-state index >= 15 is 0 Å². The van der Waals surface area contributed by atoms with Crippen LogP contribution in [0.25, 0.3) is 0 Å². The second-order valence-corrected chi connectivity index (χ2v) is 11.2. The highest BCUT2D eigenvalue weighted by atomic mass is 32.2. The SMILES string of the molecule is CCN(C(=O)C1CCN(S(=O)(=O)c2ccc3c(c2)CCCC3)CC1)C1CCCCC1. The Morgan fingerprint density at radius 1 is 0.967 bits per heavy atom. The van der Waals surface area contributed by atoms with Crippen LogP contribution in [0.4, 0.5) is 0 Å². The number of aryl methyl sites for hydroxylation is 2. The van der Waals surface area contributed by atoms with Crippen molar-refractivity contribution in [1.82, 2.24) is 9.21 Å². The van der Waals surface area contributed by atoms with E-state index < -0.39 is 10.0 Å². The molecule has 5 nitrogen and oxygen atoms in total. The molecule has 0 unspecified atom stereocenters. The number of benzene rings is 1. The molecule has 0 spiro atoms. The topological polar surface area (TPSA) is 57.7 Å². The van der Waals surface area contributed by atoms with Crippen LogP contribution < -0.4 is 0 Å². The van der Waals surface area contributed by atoms with Gasteiger partial charge in [0.2, 0.25) is 15.9 Å². The van der Waals surface area contributed by atoms with Crippen molar-refractivity contribution in [2.45, 2.75) is 88.5 Å². The molecule has 3 aliphatic rings. The van der Waals surface area contributed by atoms with E-state index in [9.17, 15) is 13.2 Å². The maximum absolute atomic E-state index is 13.2. The monoisotopic (exact) mass is 432 g/mol. The van der Waals surface area contributed by atoms with E-state index in [2.05, 4.69) is 11.8 Å². The Balaban J connectivity index is 1.40. The number of hydrogen-bond acceptors (Lipinski definition) is 3. The lowest BCUT2D eigenvalue weighted by molar-refractivity contribution is -0.139. The van der Waals surface area contributed by atoms with Crippen LogP contribution in [0.2, 0.25) is 0 Å². The summed E-state index contributed by atoms with van der Waals surface area (Å²) in [6, 6.07) is 6.05. The van der Waals surface area contributed by atoms with Crippen LogP contribution in [0, 0.1) is 5.92 Å². The Morgan fingerprint density at radius 2 is 1.63 bits per heavy atom. The fourth-order valence-electron chi connectivity index (χ4n) is 5.58. The molecule has 1 amide bonds. The first-order valence-corrected chi connectivity index (χ1v) is 13.4. The van der Waals surface area contributed by atoms with Crippen LogP contribution in [0.15, 0.2) is 23.1 Å². The second kappa shape index (κ2) is 9.39. The number of nitrogens with zero attached hydrogens (tertiary/aromatic N) is 2. The Labute approximate surface area is 181 Å². The molecule has 0 atom stereocenters. The molecular weight excluding hydrogens is 396 g/mol. The van der Waals surface area contributed by atoms with Crippen LogP contribution in [-0.2, 0) is 27.7 Å². The smallest absolute Gasteiger partial charge is 0.243 e. The standard InChI is InChI=1S/C24H36N2O3S/c1-2-26(22-10-4-3-5-11-22)24(27)20-14-16-25(17-15-20)30(28,29)23-13-12-19-8-6-7-9-21(19)18-23/h12-13,18,20,22H,2-11,14-17H2,1H3. The number of amides is 1. The second-order valence-electron chi connectivity index (χ2n) is 9.23. The normalized spacial score (nSPS) is 21.9. The van der Waals surface area contributed by atoms with Gasteiger partial charge in [-0.3, -0.25) is 4.79 Å². The van der Waals surface area contributed by atoms with Gasteiger partial charge < -0.3 is 4.90 Å². The first kappa shape index (κ1) is 21.8. The summed E-state index contributed by atoms with van der Waals surface area (Å²) in [5.74, 6) is 0.206. The van der Waals surface area contributed by atoms with E-state index in [4.69, 9.17) is 0 Å². The van der Waals surface area contributed by atoms with E-state index in [-0.39, 0.29) is 11.8 Å². The summed E-state index contributed by atoms with van der Waals surface area (Å²) >= 11 is 0. The molecule has 0 bridgehead atoms. The molecule has 0 aromatic heterocycles. The van der Waals surface area contributed by atoms with Crippen LogP contribution in [0.3, 0.4) is 0 Å². The molecule has 1 aliphatic heterocycles. The third-order valence-corrected chi connectivity index (χ3v) is 9.29. The minimum atomic E-state index is -3.48. The van der Waals surface area contributed by atoms with Crippen LogP contribution in [-0.4, -0.2) is 49.2 Å². The van der Waals surface area contributed by atoms with Gasteiger partial charge >= 0.3 is 0 Å². The molecule has 1 saturated carbocycles. The summed E-state index contributed by atoms with van der Waals surface area (Å²) in [5.41, 5.74) is 2.49. The van der Waals surface area contributed by atoms with E-state index in [1.165, 1.54) is 36.8 Å². The lowest BCUT2D eigenvalue weighted by atomic mass is 9.91. The molecule has 2 aliphatic carbocycles. The molecule has 1 aromatic carbocycles. The summed E-state index contributed by atoms with van der Waals surface area (Å²) in [4.78, 5) is 15.7. The average Bonchev–Trinajstić information content (AvgIpc) is 2.80. The molecule has 166 valence electrons. The van der Waals surface area contributed by atoms with Gasteiger partial charge in [-0.2, -0.15) is 4.31 Å².